The molecule has 35 heavy (non-hydrogen) atoms. The van der Waals surface area contributed by atoms with Crippen LogP contribution in [0, 0.1) is 0 Å². The van der Waals surface area contributed by atoms with Crippen LogP contribution in [0.1, 0.15) is 10.6 Å². The summed E-state index contributed by atoms with van der Waals surface area (Å²) < 4.78 is 5.67. The summed E-state index contributed by atoms with van der Waals surface area (Å²) in [5.41, 5.74) is 3.67. The minimum atomic E-state index is -0.531. The van der Waals surface area contributed by atoms with E-state index in [1.165, 1.54) is 6.07 Å². The van der Waals surface area contributed by atoms with Gasteiger partial charge in [0.25, 0.3) is 5.91 Å². The number of thiocarbonyl (C=S) groups is 1. The van der Waals surface area contributed by atoms with Crippen molar-refractivity contribution in [2.75, 3.05) is 5.32 Å². The molecular formula is C25H15Cl3N4O2S. The van der Waals surface area contributed by atoms with E-state index in [9.17, 15) is 4.79 Å². The molecule has 5 aromatic rings. The smallest absolute Gasteiger partial charge is 0.293 e. The fourth-order valence-electron chi connectivity index (χ4n) is 3.47. The van der Waals surface area contributed by atoms with Gasteiger partial charge in [-0.1, -0.05) is 53.0 Å². The third-order valence-electron chi connectivity index (χ3n) is 5.15. The van der Waals surface area contributed by atoms with E-state index in [1.54, 1.807) is 36.4 Å². The molecule has 6 nitrogen and oxygen atoms in total. The number of nitrogens with one attached hydrogen (secondary N) is 3. The van der Waals surface area contributed by atoms with Crippen molar-refractivity contribution in [2.45, 2.75) is 0 Å². The van der Waals surface area contributed by atoms with Crippen molar-refractivity contribution < 1.29 is 9.21 Å². The maximum Gasteiger partial charge on any atom is 0.293 e. The Hall–Kier alpha value is -3.36. The van der Waals surface area contributed by atoms with Crippen molar-refractivity contribution in [3.63, 3.8) is 0 Å². The van der Waals surface area contributed by atoms with Gasteiger partial charge in [0.15, 0.2) is 10.9 Å². The van der Waals surface area contributed by atoms with Crippen LogP contribution in [-0.4, -0.2) is 21.0 Å². The van der Waals surface area contributed by atoms with E-state index in [0.29, 0.717) is 37.9 Å². The molecule has 0 aliphatic heterocycles. The van der Waals surface area contributed by atoms with Crippen LogP contribution in [0.25, 0.3) is 33.7 Å². The van der Waals surface area contributed by atoms with Crippen molar-refractivity contribution >= 4 is 74.8 Å². The number of H-pyrrole nitrogens is 1. The Morgan fingerprint density at radius 1 is 0.943 bits per heavy atom. The normalized spacial score (nSPS) is 10.9. The van der Waals surface area contributed by atoms with E-state index in [-0.39, 0.29) is 10.9 Å². The van der Waals surface area contributed by atoms with E-state index in [2.05, 4.69) is 20.6 Å². The van der Waals surface area contributed by atoms with E-state index >= 15 is 0 Å². The Morgan fingerprint density at radius 2 is 1.77 bits per heavy atom. The van der Waals surface area contributed by atoms with Crippen LogP contribution >= 0.6 is 47.0 Å². The van der Waals surface area contributed by atoms with Crippen LogP contribution in [0.3, 0.4) is 0 Å². The SMILES string of the molecule is O=C(NC(=S)Nc1cc(-c2nc3ccccc3[nH]2)ccc1Cl)c1ccc(-c2cccc(Cl)c2Cl)o1. The topological polar surface area (TPSA) is 83.0 Å². The summed E-state index contributed by atoms with van der Waals surface area (Å²) in [7, 11) is 0. The fourth-order valence-corrected chi connectivity index (χ4v) is 4.24. The maximum atomic E-state index is 12.7. The predicted octanol–water partition coefficient (Wildman–Crippen LogP) is 7.58. The second-order valence-corrected chi connectivity index (χ2v) is 9.07. The van der Waals surface area contributed by atoms with Crippen LogP contribution < -0.4 is 10.6 Å². The van der Waals surface area contributed by atoms with Gasteiger partial charge in [0.2, 0.25) is 0 Å². The molecule has 1 amide bonds. The van der Waals surface area contributed by atoms with Gasteiger partial charge in [-0.25, -0.2) is 4.98 Å². The molecule has 0 saturated heterocycles. The number of benzene rings is 3. The van der Waals surface area contributed by atoms with Gasteiger partial charge in [-0.05, 0) is 66.8 Å². The Bertz CT molecular complexity index is 1560. The molecular weight excluding hydrogens is 527 g/mol. The lowest BCUT2D eigenvalue weighted by molar-refractivity contribution is 0.0951. The number of fused-ring (bicyclic) bond motifs is 1. The number of hydrogen-bond acceptors (Lipinski definition) is 4. The molecule has 0 atom stereocenters. The molecule has 0 unspecified atom stereocenters. The average molecular weight is 542 g/mol. The molecule has 0 spiro atoms. The lowest BCUT2D eigenvalue weighted by Crippen LogP contribution is -2.34. The molecule has 0 aliphatic carbocycles. The summed E-state index contributed by atoms with van der Waals surface area (Å²) in [4.78, 5) is 20.6. The van der Waals surface area contributed by atoms with E-state index in [1.807, 2.05) is 30.3 Å². The van der Waals surface area contributed by atoms with Gasteiger partial charge in [-0.2, -0.15) is 0 Å². The Balaban J connectivity index is 1.30. The zero-order valence-corrected chi connectivity index (χ0v) is 20.8. The third-order valence-corrected chi connectivity index (χ3v) is 6.50. The number of carbonyl (C=O) groups excluding carboxylic acids is 1. The first kappa shape index (κ1) is 23.4. The number of halogens is 3. The first-order valence-corrected chi connectivity index (χ1v) is 11.8. The number of carbonyl (C=O) groups is 1. The highest BCUT2D eigenvalue weighted by molar-refractivity contribution is 7.80. The number of nitrogens with zero attached hydrogens (tertiary/aromatic N) is 1. The summed E-state index contributed by atoms with van der Waals surface area (Å²) >= 11 is 24.0. The van der Waals surface area contributed by atoms with E-state index in [0.717, 1.165) is 16.6 Å². The van der Waals surface area contributed by atoms with Gasteiger partial charge in [-0.15, -0.1) is 0 Å². The summed E-state index contributed by atoms with van der Waals surface area (Å²) in [5, 5.41) is 6.75. The molecule has 0 bridgehead atoms. The van der Waals surface area contributed by atoms with E-state index in [4.69, 9.17) is 51.4 Å². The van der Waals surface area contributed by atoms with Gasteiger partial charge >= 0.3 is 0 Å². The Labute approximate surface area is 220 Å². The molecule has 0 saturated carbocycles. The highest BCUT2D eigenvalue weighted by Gasteiger charge is 2.17. The van der Waals surface area contributed by atoms with Crippen molar-refractivity contribution in [1.29, 1.82) is 0 Å². The lowest BCUT2D eigenvalue weighted by Gasteiger charge is -2.11. The van der Waals surface area contributed by atoms with Crippen molar-refractivity contribution in [2.24, 2.45) is 0 Å². The Morgan fingerprint density at radius 3 is 2.60 bits per heavy atom. The maximum absolute atomic E-state index is 12.7. The molecule has 0 aliphatic rings. The van der Waals surface area contributed by atoms with Crippen molar-refractivity contribution in [3.8, 4) is 22.7 Å². The number of rotatable bonds is 4. The monoisotopic (exact) mass is 540 g/mol. The molecule has 174 valence electrons. The summed E-state index contributed by atoms with van der Waals surface area (Å²) in [6.07, 6.45) is 0. The van der Waals surface area contributed by atoms with Gasteiger partial charge in [-0.3, -0.25) is 10.1 Å². The van der Waals surface area contributed by atoms with Crippen LogP contribution in [0.5, 0.6) is 0 Å². The number of aromatic amines is 1. The quantitative estimate of drug-likeness (QED) is 0.204. The van der Waals surface area contributed by atoms with Crippen LogP contribution in [0.2, 0.25) is 15.1 Å². The summed E-state index contributed by atoms with van der Waals surface area (Å²) in [6.45, 7) is 0. The molecule has 3 N–H and O–H groups in total. The minimum Gasteiger partial charge on any atom is -0.451 e. The van der Waals surface area contributed by atoms with Crippen LogP contribution in [0.4, 0.5) is 5.69 Å². The number of para-hydroxylation sites is 2. The molecule has 0 fully saturated rings. The van der Waals surface area contributed by atoms with Crippen molar-refractivity contribution in [3.05, 3.63) is 93.6 Å². The summed E-state index contributed by atoms with van der Waals surface area (Å²) in [5.74, 6) is 0.616. The predicted molar refractivity (Wildman–Crippen MR) is 144 cm³/mol. The largest absolute Gasteiger partial charge is 0.451 e. The number of furan rings is 1. The molecule has 10 heteroatoms. The number of imidazole rings is 1. The lowest BCUT2D eigenvalue weighted by atomic mass is 10.2. The number of hydrogen-bond donors (Lipinski definition) is 3. The third kappa shape index (κ3) is 4.90. The first-order valence-electron chi connectivity index (χ1n) is 10.3. The second-order valence-electron chi connectivity index (χ2n) is 7.47. The molecule has 2 heterocycles. The number of amides is 1. The zero-order chi connectivity index (χ0) is 24.5. The zero-order valence-electron chi connectivity index (χ0n) is 17.7. The van der Waals surface area contributed by atoms with Gasteiger partial charge < -0.3 is 14.7 Å². The highest BCUT2D eigenvalue weighted by Crippen LogP contribution is 2.34. The average Bonchev–Trinajstić information content (AvgIpc) is 3.50. The van der Waals surface area contributed by atoms with Gasteiger partial charge in [0.1, 0.15) is 11.6 Å². The molecule has 5 rings (SSSR count). The first-order chi connectivity index (χ1) is 16.9. The Kier molecular flexibility index (Phi) is 6.49. The molecule has 2 aromatic heterocycles. The van der Waals surface area contributed by atoms with Crippen molar-refractivity contribution in [1.82, 2.24) is 15.3 Å². The standard InChI is InChI=1S/C25H15Cl3N4O2S/c26-15-9-8-13(23-29-17-6-1-2-7-18(17)30-23)12-19(15)31-25(35)32-24(33)21-11-10-20(34-21)14-4-3-5-16(27)22(14)28/h1-12H,(H,29,30)(H2,31,32,33,35). The minimum absolute atomic E-state index is 0.0531. The van der Waals surface area contributed by atoms with Crippen LogP contribution in [0.15, 0.2) is 77.2 Å². The number of aromatic nitrogens is 2. The van der Waals surface area contributed by atoms with Gasteiger partial charge in [0, 0.05) is 11.1 Å². The second kappa shape index (κ2) is 9.71. The van der Waals surface area contributed by atoms with E-state index < -0.39 is 5.91 Å². The molecule has 3 aromatic carbocycles. The molecule has 0 radical (unpaired) electrons. The van der Waals surface area contributed by atoms with Gasteiger partial charge in [0.05, 0.1) is 31.8 Å². The number of anilines is 1. The highest BCUT2D eigenvalue weighted by atomic mass is 35.5. The van der Waals surface area contributed by atoms with Crippen LogP contribution in [-0.2, 0) is 0 Å². The fraction of sp³-hybridized carbons (Fsp3) is 0. The summed E-state index contributed by atoms with van der Waals surface area (Å²) in [6, 6.07) is 21.4.